The molecule has 1 aliphatic rings. The standard InChI is InChI=1S/C22H24ClN5O5/c23-19(22(33,20(31)32)15-7-2-1-3-8-15)28-17(29)13-26-18(30)14-6-4-9-16(12-14)27-21-24-10-5-11-25-21/h1-4,6-9,12,19,33H,5,10-11,13H2,(H,26,30)(H,28,29)(H,31,32)(H2,24,25,27). The number of nitrogens with zero attached hydrogens (tertiary/aromatic N) is 1. The molecule has 0 saturated heterocycles. The van der Waals surface area contributed by atoms with Gasteiger partial charge in [-0.25, -0.2) is 4.79 Å². The molecule has 6 N–H and O–H groups in total. The Labute approximate surface area is 195 Å². The number of carboxylic acid groups (broad SMARTS) is 1. The van der Waals surface area contributed by atoms with Crippen LogP contribution in [0.25, 0.3) is 0 Å². The maximum atomic E-state index is 12.5. The van der Waals surface area contributed by atoms with E-state index in [-0.39, 0.29) is 5.56 Å². The van der Waals surface area contributed by atoms with E-state index in [1.165, 1.54) is 24.3 Å². The van der Waals surface area contributed by atoms with Gasteiger partial charge in [0.25, 0.3) is 5.91 Å². The Bertz CT molecular complexity index is 1050. The molecular weight excluding hydrogens is 450 g/mol. The Morgan fingerprint density at radius 1 is 1.15 bits per heavy atom. The molecule has 33 heavy (non-hydrogen) atoms. The second kappa shape index (κ2) is 10.8. The number of aliphatic carboxylic acids is 1. The van der Waals surface area contributed by atoms with E-state index in [0.29, 0.717) is 23.8 Å². The van der Waals surface area contributed by atoms with Gasteiger partial charge in [-0.15, -0.1) is 0 Å². The van der Waals surface area contributed by atoms with Crippen LogP contribution < -0.4 is 21.3 Å². The molecule has 0 aliphatic carbocycles. The fraction of sp³-hybridized carbons (Fsp3) is 0.273. The summed E-state index contributed by atoms with van der Waals surface area (Å²) >= 11 is 6.06. The molecule has 2 aromatic rings. The van der Waals surface area contributed by atoms with Crippen LogP contribution in [0.15, 0.2) is 59.6 Å². The number of nitrogens with one attached hydrogen (secondary N) is 4. The minimum absolute atomic E-state index is 0.00297. The highest BCUT2D eigenvalue weighted by molar-refractivity contribution is 6.23. The van der Waals surface area contributed by atoms with E-state index in [1.54, 1.807) is 30.3 Å². The van der Waals surface area contributed by atoms with Gasteiger partial charge in [0.05, 0.1) is 6.54 Å². The van der Waals surface area contributed by atoms with Crippen LogP contribution in [0.2, 0.25) is 0 Å². The summed E-state index contributed by atoms with van der Waals surface area (Å²) in [4.78, 5) is 40.7. The van der Waals surface area contributed by atoms with Gasteiger partial charge in [-0.1, -0.05) is 48.0 Å². The van der Waals surface area contributed by atoms with E-state index in [1.807, 2.05) is 0 Å². The Kier molecular flexibility index (Phi) is 7.86. The first-order valence-corrected chi connectivity index (χ1v) is 10.6. The van der Waals surface area contributed by atoms with Crippen molar-refractivity contribution in [3.05, 3.63) is 65.7 Å². The third kappa shape index (κ3) is 5.99. The van der Waals surface area contributed by atoms with Crippen LogP contribution in [0.1, 0.15) is 22.3 Å². The Hall–Kier alpha value is -3.63. The molecular formula is C22H24ClN5O5. The molecule has 2 aromatic carbocycles. The molecule has 2 atom stereocenters. The molecule has 2 amide bonds. The molecule has 0 radical (unpaired) electrons. The van der Waals surface area contributed by atoms with Gasteiger partial charge in [-0.2, -0.15) is 0 Å². The maximum Gasteiger partial charge on any atom is 0.343 e. The summed E-state index contributed by atoms with van der Waals surface area (Å²) < 4.78 is 0. The number of aliphatic imine (C=N–C) groups is 1. The maximum absolute atomic E-state index is 12.5. The van der Waals surface area contributed by atoms with E-state index >= 15 is 0 Å². The number of amides is 2. The zero-order chi connectivity index (χ0) is 23.8. The van der Waals surface area contributed by atoms with Gasteiger partial charge in [0.2, 0.25) is 11.5 Å². The number of halogens is 1. The monoisotopic (exact) mass is 473 g/mol. The molecule has 174 valence electrons. The lowest BCUT2D eigenvalue weighted by molar-refractivity contribution is -0.161. The zero-order valence-electron chi connectivity index (χ0n) is 17.5. The van der Waals surface area contributed by atoms with Gasteiger partial charge in [-0.3, -0.25) is 14.6 Å². The molecule has 0 spiro atoms. The lowest BCUT2D eigenvalue weighted by atomic mass is 9.93. The summed E-state index contributed by atoms with van der Waals surface area (Å²) in [5, 5.41) is 31.0. The SMILES string of the molecule is O=C(CNC(=O)c1cccc(NC2=NCCCN2)c1)NC(Cl)C(O)(C(=O)O)c1ccccc1. The van der Waals surface area contributed by atoms with Crippen LogP contribution in [-0.2, 0) is 15.2 Å². The van der Waals surface area contributed by atoms with E-state index in [0.717, 1.165) is 13.0 Å². The second-order valence-electron chi connectivity index (χ2n) is 7.27. The van der Waals surface area contributed by atoms with Crippen molar-refractivity contribution in [1.29, 1.82) is 0 Å². The molecule has 0 aromatic heterocycles. The third-order valence-corrected chi connectivity index (χ3v) is 5.31. The third-order valence-electron chi connectivity index (χ3n) is 4.89. The van der Waals surface area contributed by atoms with Crippen molar-refractivity contribution in [1.82, 2.24) is 16.0 Å². The van der Waals surface area contributed by atoms with Crippen LogP contribution in [0.3, 0.4) is 0 Å². The first-order chi connectivity index (χ1) is 15.8. The van der Waals surface area contributed by atoms with E-state index in [9.17, 15) is 24.6 Å². The van der Waals surface area contributed by atoms with Gasteiger partial charge < -0.3 is 31.5 Å². The van der Waals surface area contributed by atoms with Crippen molar-refractivity contribution in [3.63, 3.8) is 0 Å². The van der Waals surface area contributed by atoms with Crippen molar-refractivity contribution < 1.29 is 24.6 Å². The van der Waals surface area contributed by atoms with Crippen molar-refractivity contribution in [2.24, 2.45) is 4.99 Å². The van der Waals surface area contributed by atoms with Crippen LogP contribution in [0.4, 0.5) is 5.69 Å². The fourth-order valence-electron chi connectivity index (χ4n) is 3.12. The summed E-state index contributed by atoms with van der Waals surface area (Å²) in [5.41, 5.74) is -3.28. The van der Waals surface area contributed by atoms with Gasteiger partial charge in [0.1, 0.15) is 5.50 Å². The Balaban J connectivity index is 1.58. The zero-order valence-corrected chi connectivity index (χ0v) is 18.3. The van der Waals surface area contributed by atoms with Crippen LogP contribution >= 0.6 is 11.6 Å². The van der Waals surface area contributed by atoms with Crippen LogP contribution in [-0.4, -0.2) is 59.1 Å². The Morgan fingerprint density at radius 2 is 1.91 bits per heavy atom. The van der Waals surface area contributed by atoms with Crippen LogP contribution in [0, 0.1) is 0 Å². The molecule has 3 rings (SSSR count). The highest BCUT2D eigenvalue weighted by Gasteiger charge is 2.46. The van der Waals surface area contributed by atoms with E-state index in [2.05, 4.69) is 26.3 Å². The average Bonchev–Trinajstić information content (AvgIpc) is 2.83. The minimum atomic E-state index is -2.56. The summed E-state index contributed by atoms with van der Waals surface area (Å²) in [5.74, 6) is -2.29. The number of carboxylic acids is 1. The number of rotatable bonds is 8. The smallest absolute Gasteiger partial charge is 0.343 e. The molecule has 0 fully saturated rings. The number of anilines is 1. The van der Waals surface area contributed by atoms with Crippen molar-refractivity contribution in [3.8, 4) is 0 Å². The average molecular weight is 474 g/mol. The van der Waals surface area contributed by atoms with Crippen molar-refractivity contribution >= 4 is 41.0 Å². The quantitative estimate of drug-likeness (QED) is 0.245. The van der Waals surface area contributed by atoms with Gasteiger partial charge in [0, 0.05) is 24.3 Å². The first kappa shape index (κ1) is 24.0. The fourth-order valence-corrected chi connectivity index (χ4v) is 3.46. The second-order valence-corrected chi connectivity index (χ2v) is 7.70. The lowest BCUT2D eigenvalue weighted by Gasteiger charge is -2.29. The number of carbonyl (C=O) groups excluding carboxylic acids is 2. The number of benzene rings is 2. The van der Waals surface area contributed by atoms with E-state index in [4.69, 9.17) is 11.6 Å². The summed E-state index contributed by atoms with van der Waals surface area (Å²) in [7, 11) is 0. The molecule has 10 nitrogen and oxygen atoms in total. The predicted molar refractivity (Wildman–Crippen MR) is 123 cm³/mol. The molecule has 0 bridgehead atoms. The van der Waals surface area contributed by atoms with Gasteiger partial charge in [-0.05, 0) is 30.2 Å². The number of alkyl halides is 1. The van der Waals surface area contributed by atoms with Crippen LogP contribution in [0.5, 0.6) is 0 Å². The first-order valence-electron chi connectivity index (χ1n) is 10.2. The topological polar surface area (TPSA) is 152 Å². The Morgan fingerprint density at radius 3 is 2.58 bits per heavy atom. The van der Waals surface area contributed by atoms with Crippen molar-refractivity contribution in [2.75, 3.05) is 25.0 Å². The highest BCUT2D eigenvalue weighted by atomic mass is 35.5. The largest absolute Gasteiger partial charge is 0.479 e. The summed E-state index contributed by atoms with van der Waals surface area (Å²) in [6, 6.07) is 14.1. The minimum Gasteiger partial charge on any atom is -0.479 e. The summed E-state index contributed by atoms with van der Waals surface area (Å²) in [6.45, 7) is 1.05. The van der Waals surface area contributed by atoms with Crippen molar-refractivity contribution in [2.45, 2.75) is 17.5 Å². The molecule has 1 aliphatic heterocycles. The number of carbonyl (C=O) groups is 3. The predicted octanol–water partition coefficient (Wildman–Crippen LogP) is 0.831. The molecule has 11 heteroatoms. The van der Waals surface area contributed by atoms with Gasteiger partial charge >= 0.3 is 5.97 Å². The molecule has 0 saturated carbocycles. The normalized spacial score (nSPS) is 15.8. The number of hydrogen-bond donors (Lipinski definition) is 6. The number of guanidine groups is 1. The lowest BCUT2D eigenvalue weighted by Crippen LogP contribution is -2.53. The molecule has 1 heterocycles. The number of hydrogen-bond acceptors (Lipinski definition) is 7. The number of aliphatic hydroxyl groups is 1. The highest BCUT2D eigenvalue weighted by Crippen LogP contribution is 2.27. The summed E-state index contributed by atoms with van der Waals surface area (Å²) in [6.07, 6.45) is 0.952. The molecule has 2 unspecified atom stereocenters. The van der Waals surface area contributed by atoms with E-state index < -0.39 is 35.4 Å². The van der Waals surface area contributed by atoms with Gasteiger partial charge in [0.15, 0.2) is 5.96 Å².